The third kappa shape index (κ3) is 2.77. The van der Waals surface area contributed by atoms with Crippen molar-refractivity contribution in [1.82, 2.24) is 10.3 Å². The molecule has 2 heterocycles. The summed E-state index contributed by atoms with van der Waals surface area (Å²) in [7, 11) is 0. The summed E-state index contributed by atoms with van der Waals surface area (Å²) in [4.78, 5) is 4.00. The third-order valence-electron chi connectivity index (χ3n) is 3.30. The van der Waals surface area contributed by atoms with Crippen molar-refractivity contribution >= 4 is 22.6 Å². The Bertz CT molecular complexity index is 772. The third-order valence-corrected chi connectivity index (χ3v) is 3.62. The molecular weight excluding hydrogens is 291 g/mol. The average molecular weight is 305 g/mol. The largest absolute Gasteiger partial charge is 0.459 e. The standard InChI is InChI=1S/C16H14ClFN2O/c1-2-20-16(12-5-6-19-9-13(12)17)15-8-10-7-11(18)3-4-14(10)21-15/h3-9,16,20H,2H2,1H3. The number of furan rings is 1. The Kier molecular flexibility index (Phi) is 3.90. The number of nitrogens with one attached hydrogen (secondary N) is 1. The fourth-order valence-corrected chi connectivity index (χ4v) is 2.59. The van der Waals surface area contributed by atoms with E-state index in [1.54, 1.807) is 18.5 Å². The zero-order chi connectivity index (χ0) is 14.8. The first-order valence-electron chi connectivity index (χ1n) is 6.71. The summed E-state index contributed by atoms with van der Waals surface area (Å²) >= 11 is 6.22. The first-order valence-corrected chi connectivity index (χ1v) is 7.08. The van der Waals surface area contributed by atoms with E-state index in [1.165, 1.54) is 12.1 Å². The predicted octanol–water partition coefficient (Wildman–Crippen LogP) is 4.32. The molecule has 1 aromatic carbocycles. The molecule has 0 spiro atoms. The van der Waals surface area contributed by atoms with E-state index in [-0.39, 0.29) is 11.9 Å². The summed E-state index contributed by atoms with van der Waals surface area (Å²) in [5, 5.41) is 4.63. The van der Waals surface area contributed by atoms with Crippen molar-refractivity contribution in [3.63, 3.8) is 0 Å². The van der Waals surface area contributed by atoms with Crippen LogP contribution in [0.2, 0.25) is 5.02 Å². The minimum absolute atomic E-state index is 0.194. The molecule has 2 aromatic heterocycles. The second kappa shape index (κ2) is 5.84. The zero-order valence-electron chi connectivity index (χ0n) is 11.4. The molecule has 1 N–H and O–H groups in total. The molecule has 0 amide bonds. The Morgan fingerprint density at radius 2 is 2.19 bits per heavy atom. The number of aromatic nitrogens is 1. The van der Waals surface area contributed by atoms with Crippen molar-refractivity contribution in [2.24, 2.45) is 0 Å². The minimum atomic E-state index is -0.281. The zero-order valence-corrected chi connectivity index (χ0v) is 12.2. The smallest absolute Gasteiger partial charge is 0.134 e. The van der Waals surface area contributed by atoms with Gasteiger partial charge in [-0.2, -0.15) is 0 Å². The Labute approximate surface area is 126 Å². The van der Waals surface area contributed by atoms with Gasteiger partial charge in [0.2, 0.25) is 0 Å². The van der Waals surface area contributed by atoms with E-state index >= 15 is 0 Å². The average Bonchev–Trinajstić information content (AvgIpc) is 2.88. The SMILES string of the molecule is CCNC(c1cc2cc(F)ccc2o1)c1ccncc1Cl. The summed E-state index contributed by atoms with van der Waals surface area (Å²) in [6.07, 6.45) is 3.29. The van der Waals surface area contributed by atoms with Crippen LogP contribution in [0.3, 0.4) is 0 Å². The summed E-state index contributed by atoms with van der Waals surface area (Å²) < 4.78 is 19.1. The van der Waals surface area contributed by atoms with E-state index in [0.717, 1.165) is 17.5 Å². The van der Waals surface area contributed by atoms with E-state index in [2.05, 4.69) is 10.3 Å². The first kappa shape index (κ1) is 14.0. The van der Waals surface area contributed by atoms with Crippen LogP contribution < -0.4 is 5.32 Å². The molecule has 0 radical (unpaired) electrons. The van der Waals surface area contributed by atoms with Crippen LogP contribution in [0, 0.1) is 5.82 Å². The van der Waals surface area contributed by atoms with Crippen molar-refractivity contribution in [3.05, 3.63) is 64.9 Å². The second-order valence-corrected chi connectivity index (χ2v) is 5.13. The molecule has 0 saturated heterocycles. The number of fused-ring (bicyclic) bond motifs is 1. The molecule has 3 aromatic rings. The maximum absolute atomic E-state index is 13.3. The molecule has 0 aliphatic carbocycles. The van der Waals surface area contributed by atoms with Crippen LogP contribution >= 0.6 is 11.6 Å². The van der Waals surface area contributed by atoms with Crippen LogP contribution in [0.4, 0.5) is 4.39 Å². The summed E-state index contributed by atoms with van der Waals surface area (Å²) in [6, 6.07) is 7.97. The highest BCUT2D eigenvalue weighted by Crippen LogP contribution is 2.31. The number of hydrogen-bond donors (Lipinski definition) is 1. The number of rotatable bonds is 4. The lowest BCUT2D eigenvalue weighted by molar-refractivity contribution is 0.477. The lowest BCUT2D eigenvalue weighted by atomic mass is 10.1. The molecule has 1 atom stereocenters. The maximum Gasteiger partial charge on any atom is 0.134 e. The van der Waals surface area contributed by atoms with Gasteiger partial charge in [0, 0.05) is 17.8 Å². The van der Waals surface area contributed by atoms with E-state index in [9.17, 15) is 4.39 Å². The summed E-state index contributed by atoms with van der Waals surface area (Å²) in [6.45, 7) is 2.75. The van der Waals surface area contributed by atoms with Crippen LogP contribution in [-0.4, -0.2) is 11.5 Å². The molecule has 3 nitrogen and oxygen atoms in total. The fraction of sp³-hybridized carbons (Fsp3) is 0.188. The number of halogens is 2. The van der Waals surface area contributed by atoms with Gasteiger partial charge in [0.05, 0.1) is 11.1 Å². The number of benzene rings is 1. The highest BCUT2D eigenvalue weighted by atomic mass is 35.5. The second-order valence-electron chi connectivity index (χ2n) is 4.72. The Morgan fingerprint density at radius 3 is 2.95 bits per heavy atom. The van der Waals surface area contributed by atoms with Crippen LogP contribution in [0.15, 0.2) is 47.1 Å². The molecular formula is C16H14ClFN2O. The predicted molar refractivity (Wildman–Crippen MR) is 80.9 cm³/mol. The Balaban J connectivity index is 2.09. The van der Waals surface area contributed by atoms with Crippen LogP contribution in [-0.2, 0) is 0 Å². The van der Waals surface area contributed by atoms with Crippen LogP contribution in [0.1, 0.15) is 24.3 Å². The van der Waals surface area contributed by atoms with Gasteiger partial charge >= 0.3 is 0 Å². The van der Waals surface area contributed by atoms with Gasteiger partial charge in [0.25, 0.3) is 0 Å². The molecule has 1 unspecified atom stereocenters. The van der Waals surface area contributed by atoms with E-state index in [1.807, 2.05) is 19.1 Å². The molecule has 108 valence electrons. The normalized spacial score (nSPS) is 12.7. The molecule has 5 heteroatoms. The number of hydrogen-bond acceptors (Lipinski definition) is 3. The van der Waals surface area contributed by atoms with Gasteiger partial charge in [-0.25, -0.2) is 4.39 Å². The van der Waals surface area contributed by atoms with Gasteiger partial charge in [0.1, 0.15) is 17.2 Å². The molecule has 0 aliphatic rings. The molecule has 0 aliphatic heterocycles. The van der Waals surface area contributed by atoms with Crippen molar-refractivity contribution in [3.8, 4) is 0 Å². The van der Waals surface area contributed by atoms with Gasteiger partial charge in [-0.3, -0.25) is 4.98 Å². The fourth-order valence-electron chi connectivity index (χ4n) is 2.37. The number of pyridine rings is 1. The number of nitrogens with zero attached hydrogens (tertiary/aromatic N) is 1. The van der Waals surface area contributed by atoms with Gasteiger partial charge in [-0.1, -0.05) is 18.5 Å². The Hall–Kier alpha value is -1.91. The van der Waals surface area contributed by atoms with Gasteiger partial charge in [-0.15, -0.1) is 0 Å². The highest BCUT2D eigenvalue weighted by molar-refractivity contribution is 6.31. The lowest BCUT2D eigenvalue weighted by Crippen LogP contribution is -2.21. The van der Waals surface area contributed by atoms with Crippen molar-refractivity contribution in [2.45, 2.75) is 13.0 Å². The molecule has 0 saturated carbocycles. The molecule has 0 bridgehead atoms. The molecule has 0 fully saturated rings. The Morgan fingerprint density at radius 1 is 1.33 bits per heavy atom. The monoisotopic (exact) mass is 304 g/mol. The van der Waals surface area contributed by atoms with E-state index in [4.69, 9.17) is 16.0 Å². The van der Waals surface area contributed by atoms with Crippen molar-refractivity contribution in [1.29, 1.82) is 0 Å². The first-order chi connectivity index (χ1) is 10.2. The van der Waals surface area contributed by atoms with E-state index < -0.39 is 0 Å². The molecule has 3 rings (SSSR count). The topological polar surface area (TPSA) is 38.1 Å². The van der Waals surface area contributed by atoms with Crippen molar-refractivity contribution in [2.75, 3.05) is 6.54 Å². The molecule has 21 heavy (non-hydrogen) atoms. The van der Waals surface area contributed by atoms with Gasteiger partial charge < -0.3 is 9.73 Å². The minimum Gasteiger partial charge on any atom is -0.459 e. The van der Waals surface area contributed by atoms with Gasteiger partial charge in [-0.05, 0) is 42.4 Å². The van der Waals surface area contributed by atoms with E-state index in [0.29, 0.717) is 16.4 Å². The van der Waals surface area contributed by atoms with Crippen molar-refractivity contribution < 1.29 is 8.81 Å². The lowest BCUT2D eigenvalue weighted by Gasteiger charge is -2.16. The quantitative estimate of drug-likeness (QED) is 0.780. The van der Waals surface area contributed by atoms with Crippen LogP contribution in [0.5, 0.6) is 0 Å². The summed E-state index contributed by atoms with van der Waals surface area (Å²) in [5.74, 6) is 0.419. The maximum atomic E-state index is 13.3. The van der Waals surface area contributed by atoms with Crippen LogP contribution in [0.25, 0.3) is 11.0 Å². The highest BCUT2D eigenvalue weighted by Gasteiger charge is 2.20. The van der Waals surface area contributed by atoms with Gasteiger partial charge in [0.15, 0.2) is 0 Å². The summed E-state index contributed by atoms with van der Waals surface area (Å²) in [5.41, 5.74) is 1.53.